The smallest absolute Gasteiger partial charge is 0.328 e. The molecule has 1 N–H and O–H groups in total. The number of carboxylic acids is 1. The molecular weight excluding hydrogens is 182 g/mol. The Morgan fingerprint density at radius 1 is 1.50 bits per heavy atom. The van der Waals surface area contributed by atoms with E-state index in [0.717, 1.165) is 44.8 Å². The standard InChI is InChI=1S/C10H17NO3/c1-9(7-10(12)13)8-11-3-2-5-14-6-4-11/h7H,2-6,8H2,1H3,(H,12,13). The van der Waals surface area contributed by atoms with E-state index in [1.165, 1.54) is 6.08 Å². The summed E-state index contributed by atoms with van der Waals surface area (Å²) < 4.78 is 5.31. The van der Waals surface area contributed by atoms with Crippen LogP contribution in [0.5, 0.6) is 0 Å². The maximum Gasteiger partial charge on any atom is 0.328 e. The van der Waals surface area contributed by atoms with Crippen LogP contribution in [-0.2, 0) is 9.53 Å². The van der Waals surface area contributed by atoms with Crippen LogP contribution in [0.2, 0.25) is 0 Å². The third-order valence-corrected chi connectivity index (χ3v) is 2.16. The van der Waals surface area contributed by atoms with Gasteiger partial charge in [-0.15, -0.1) is 0 Å². The topological polar surface area (TPSA) is 49.8 Å². The van der Waals surface area contributed by atoms with Crippen molar-refractivity contribution in [1.82, 2.24) is 4.90 Å². The zero-order valence-corrected chi connectivity index (χ0v) is 8.53. The zero-order chi connectivity index (χ0) is 10.4. The predicted molar refractivity (Wildman–Crippen MR) is 53.3 cm³/mol. The minimum atomic E-state index is -0.867. The Hall–Kier alpha value is -0.870. The van der Waals surface area contributed by atoms with E-state index in [2.05, 4.69) is 4.90 Å². The molecule has 1 saturated heterocycles. The minimum absolute atomic E-state index is 0.732. The molecule has 0 saturated carbocycles. The van der Waals surface area contributed by atoms with Crippen molar-refractivity contribution in [2.75, 3.05) is 32.8 Å². The number of rotatable bonds is 3. The number of carbonyl (C=O) groups is 1. The second-order valence-electron chi connectivity index (χ2n) is 3.57. The minimum Gasteiger partial charge on any atom is -0.478 e. The van der Waals surface area contributed by atoms with Crippen LogP contribution in [0.1, 0.15) is 13.3 Å². The first-order valence-electron chi connectivity index (χ1n) is 4.88. The molecule has 0 atom stereocenters. The second kappa shape index (κ2) is 5.78. The molecule has 0 unspecified atom stereocenters. The molecule has 0 bridgehead atoms. The van der Waals surface area contributed by atoms with Crippen molar-refractivity contribution in [3.05, 3.63) is 11.6 Å². The Morgan fingerprint density at radius 2 is 2.29 bits per heavy atom. The van der Waals surface area contributed by atoms with E-state index in [1.807, 2.05) is 6.92 Å². The van der Waals surface area contributed by atoms with Gasteiger partial charge in [0.25, 0.3) is 0 Å². The molecule has 1 rings (SSSR count). The van der Waals surface area contributed by atoms with Crippen molar-refractivity contribution in [2.45, 2.75) is 13.3 Å². The average Bonchev–Trinajstić information content (AvgIpc) is 2.31. The second-order valence-corrected chi connectivity index (χ2v) is 3.57. The lowest BCUT2D eigenvalue weighted by Crippen LogP contribution is -2.28. The maximum absolute atomic E-state index is 10.4. The van der Waals surface area contributed by atoms with E-state index >= 15 is 0 Å². The molecule has 1 heterocycles. The number of carboxylic acid groups (broad SMARTS) is 1. The summed E-state index contributed by atoms with van der Waals surface area (Å²) in [5.41, 5.74) is 0.888. The lowest BCUT2D eigenvalue weighted by atomic mass is 10.2. The molecule has 0 aliphatic carbocycles. The Balaban J connectivity index is 2.37. The van der Waals surface area contributed by atoms with Crippen LogP contribution < -0.4 is 0 Å². The first-order valence-corrected chi connectivity index (χ1v) is 4.88. The molecule has 0 aromatic rings. The molecule has 0 radical (unpaired) electrons. The molecule has 0 aromatic carbocycles. The monoisotopic (exact) mass is 199 g/mol. The van der Waals surface area contributed by atoms with Crippen LogP contribution in [0.25, 0.3) is 0 Å². The van der Waals surface area contributed by atoms with E-state index in [1.54, 1.807) is 0 Å². The van der Waals surface area contributed by atoms with E-state index in [4.69, 9.17) is 9.84 Å². The highest BCUT2D eigenvalue weighted by Crippen LogP contribution is 2.03. The predicted octanol–water partition coefficient (Wildman–Crippen LogP) is 0.740. The van der Waals surface area contributed by atoms with Crippen molar-refractivity contribution in [3.8, 4) is 0 Å². The first kappa shape index (κ1) is 11.2. The summed E-state index contributed by atoms with van der Waals surface area (Å²) in [6.45, 7) is 6.03. The Morgan fingerprint density at radius 3 is 3.00 bits per heavy atom. The van der Waals surface area contributed by atoms with Gasteiger partial charge in [-0.05, 0) is 13.3 Å². The summed E-state index contributed by atoms with van der Waals surface area (Å²) >= 11 is 0. The number of ether oxygens (including phenoxy) is 1. The van der Waals surface area contributed by atoms with E-state index in [0.29, 0.717) is 0 Å². The molecule has 1 fully saturated rings. The van der Waals surface area contributed by atoms with E-state index in [9.17, 15) is 4.79 Å². The van der Waals surface area contributed by atoms with Gasteiger partial charge in [-0.1, -0.05) is 5.57 Å². The highest BCUT2D eigenvalue weighted by molar-refractivity contribution is 5.80. The van der Waals surface area contributed by atoms with E-state index in [-0.39, 0.29) is 0 Å². The van der Waals surface area contributed by atoms with Gasteiger partial charge in [0.05, 0.1) is 6.61 Å². The molecule has 4 nitrogen and oxygen atoms in total. The van der Waals surface area contributed by atoms with Gasteiger partial charge >= 0.3 is 5.97 Å². The van der Waals surface area contributed by atoms with Crippen molar-refractivity contribution in [2.24, 2.45) is 0 Å². The Kier molecular flexibility index (Phi) is 4.62. The molecule has 0 amide bonds. The number of aliphatic carboxylic acids is 1. The van der Waals surface area contributed by atoms with Crippen molar-refractivity contribution < 1.29 is 14.6 Å². The van der Waals surface area contributed by atoms with Gasteiger partial charge in [0.2, 0.25) is 0 Å². The highest BCUT2D eigenvalue weighted by Gasteiger charge is 2.09. The molecule has 80 valence electrons. The van der Waals surface area contributed by atoms with Crippen LogP contribution in [0.15, 0.2) is 11.6 Å². The largest absolute Gasteiger partial charge is 0.478 e. The zero-order valence-electron chi connectivity index (χ0n) is 8.53. The summed E-state index contributed by atoms with van der Waals surface area (Å²) in [6.07, 6.45) is 2.30. The lowest BCUT2D eigenvalue weighted by Gasteiger charge is -2.18. The summed E-state index contributed by atoms with van der Waals surface area (Å²) in [4.78, 5) is 12.6. The molecule has 1 aliphatic heterocycles. The average molecular weight is 199 g/mol. The number of hydrogen-bond donors (Lipinski definition) is 1. The van der Waals surface area contributed by atoms with Crippen LogP contribution in [0, 0.1) is 0 Å². The maximum atomic E-state index is 10.4. The van der Waals surface area contributed by atoms with Gasteiger partial charge in [0.1, 0.15) is 0 Å². The fraction of sp³-hybridized carbons (Fsp3) is 0.700. The first-order chi connectivity index (χ1) is 6.68. The van der Waals surface area contributed by atoms with Gasteiger partial charge in [-0.3, -0.25) is 4.90 Å². The number of nitrogens with zero attached hydrogens (tertiary/aromatic N) is 1. The van der Waals surface area contributed by atoms with E-state index < -0.39 is 5.97 Å². The quantitative estimate of drug-likeness (QED) is 0.681. The molecule has 14 heavy (non-hydrogen) atoms. The van der Waals surface area contributed by atoms with Gasteiger partial charge < -0.3 is 9.84 Å². The third kappa shape index (κ3) is 4.39. The fourth-order valence-electron chi connectivity index (χ4n) is 1.56. The third-order valence-electron chi connectivity index (χ3n) is 2.16. The van der Waals surface area contributed by atoms with Crippen LogP contribution in [0.3, 0.4) is 0 Å². The lowest BCUT2D eigenvalue weighted by molar-refractivity contribution is -0.131. The van der Waals surface area contributed by atoms with Gasteiger partial charge in [0, 0.05) is 32.3 Å². The van der Waals surface area contributed by atoms with Gasteiger partial charge in [-0.2, -0.15) is 0 Å². The SMILES string of the molecule is CC(=CC(=O)O)CN1CCCOCC1. The molecule has 4 heteroatoms. The summed E-state index contributed by atoms with van der Waals surface area (Å²) in [5.74, 6) is -0.867. The normalized spacial score (nSPS) is 20.5. The van der Waals surface area contributed by atoms with Crippen LogP contribution >= 0.6 is 0 Å². The number of hydrogen-bond acceptors (Lipinski definition) is 3. The van der Waals surface area contributed by atoms with Gasteiger partial charge in [0.15, 0.2) is 0 Å². The van der Waals surface area contributed by atoms with Crippen LogP contribution in [0.4, 0.5) is 0 Å². The Labute approximate surface area is 84.2 Å². The molecular formula is C10H17NO3. The summed E-state index contributed by atoms with van der Waals surface area (Å²) in [6, 6.07) is 0. The van der Waals surface area contributed by atoms with Gasteiger partial charge in [-0.25, -0.2) is 4.79 Å². The van der Waals surface area contributed by atoms with Crippen molar-refractivity contribution in [3.63, 3.8) is 0 Å². The summed E-state index contributed by atoms with van der Waals surface area (Å²) in [7, 11) is 0. The molecule has 0 spiro atoms. The van der Waals surface area contributed by atoms with Crippen LogP contribution in [-0.4, -0.2) is 48.8 Å². The van der Waals surface area contributed by atoms with Crippen molar-refractivity contribution in [1.29, 1.82) is 0 Å². The van der Waals surface area contributed by atoms with Crippen molar-refractivity contribution >= 4 is 5.97 Å². The highest BCUT2D eigenvalue weighted by atomic mass is 16.5. The molecule has 1 aliphatic rings. The fourth-order valence-corrected chi connectivity index (χ4v) is 1.56. The Bertz CT molecular complexity index is 217. The molecule has 0 aromatic heterocycles. The summed E-state index contributed by atoms with van der Waals surface area (Å²) in [5, 5.41) is 8.55.